The van der Waals surface area contributed by atoms with E-state index >= 15 is 0 Å². The van der Waals surface area contributed by atoms with E-state index in [1.807, 2.05) is 0 Å². The van der Waals surface area contributed by atoms with Crippen LogP contribution >= 0.6 is 55.1 Å². The van der Waals surface area contributed by atoms with Crippen molar-refractivity contribution in [3.05, 3.63) is 121 Å². The van der Waals surface area contributed by atoms with Crippen LogP contribution in [-0.2, 0) is 22.9 Å². The largest absolute Gasteiger partial charge is 1.00 e. The number of aliphatic hydroxyl groups excluding tert-OH is 1. The van der Waals surface area contributed by atoms with Gasteiger partial charge in [0.15, 0.2) is 0 Å². The molecule has 1 N–H and O–H groups in total. The first-order valence-electron chi connectivity index (χ1n) is 10.3. The summed E-state index contributed by atoms with van der Waals surface area (Å²) in [6, 6.07) is 18.3. The number of aliphatic hydroxyl groups is 1. The van der Waals surface area contributed by atoms with Gasteiger partial charge in [-0.1, -0.05) is 35.3 Å². The zero-order valence-electron chi connectivity index (χ0n) is 22.5. The third-order valence-electron chi connectivity index (χ3n) is 3.97. The normalized spacial score (nSPS) is 9.00. The Morgan fingerprint density at radius 3 is 1.76 bits per heavy atom. The van der Waals surface area contributed by atoms with Crippen molar-refractivity contribution in [3.63, 3.8) is 0 Å². The molecule has 210 valence electrons. The minimum Gasteiger partial charge on any atom is -1.00 e. The van der Waals surface area contributed by atoms with Gasteiger partial charge in [-0.15, -0.1) is 0 Å². The Bertz CT molecular complexity index is 1330. The maximum Gasteiger partial charge on any atom is 1.00 e. The van der Waals surface area contributed by atoms with Crippen molar-refractivity contribution in [2.45, 2.75) is 13.2 Å². The number of hydrogen-bond acceptors (Lipinski definition) is 7. The molecule has 0 bridgehead atoms. The van der Waals surface area contributed by atoms with Crippen LogP contribution < -0.4 is 148 Å². The summed E-state index contributed by atoms with van der Waals surface area (Å²) < 4.78 is 44.5. The molecular formula is C25H19Br2Cl2Cs2F3N2O5. The van der Waals surface area contributed by atoms with Crippen molar-refractivity contribution in [2.75, 3.05) is 0 Å². The predicted molar refractivity (Wildman–Crippen MR) is 145 cm³/mol. The second kappa shape index (κ2) is 26.6. The molecule has 0 saturated carbocycles. The van der Waals surface area contributed by atoms with E-state index in [0.29, 0.717) is 30.7 Å². The van der Waals surface area contributed by atoms with Crippen LogP contribution in [0.2, 0.25) is 10.0 Å². The van der Waals surface area contributed by atoms with Gasteiger partial charge in [-0.05, 0) is 86.5 Å². The standard InChI is InChI=1S/C12H8BrClFNO.C7H6ClFO.C5H3BrFN.CH2O3.2Cs.H/c13-11-2-1-3-12(16-11)17-7-8-6-9(14)4-5-10(8)15;8-6-1-2-7(9)5(3-6)4-10;6-4-2-1-3-5(7)8-4;2-1-4-3;;;/h1-6H,7H2;1-3,10H,4H2;1-3H;1,3H;;;/q;;;;2*+1;-1/p-1. The van der Waals surface area contributed by atoms with Crippen molar-refractivity contribution in [1.29, 1.82) is 0 Å². The smallest absolute Gasteiger partial charge is 1.00 e. The van der Waals surface area contributed by atoms with Crippen molar-refractivity contribution in [3.8, 4) is 5.88 Å². The quantitative estimate of drug-likeness (QED) is 0.136. The summed E-state index contributed by atoms with van der Waals surface area (Å²) in [6.45, 7) is -0.401. The Morgan fingerprint density at radius 1 is 0.854 bits per heavy atom. The van der Waals surface area contributed by atoms with Crippen LogP contribution in [0, 0.1) is 17.6 Å². The summed E-state index contributed by atoms with van der Waals surface area (Å²) in [6.07, 6.45) is 0. The second-order valence-corrected chi connectivity index (χ2v) is 9.19. The van der Waals surface area contributed by atoms with E-state index in [9.17, 15) is 13.2 Å². The summed E-state index contributed by atoms with van der Waals surface area (Å²) in [5.74, 6) is -0.797. The molecule has 0 amide bonds. The number of aromatic nitrogens is 2. The molecule has 0 fully saturated rings. The molecule has 7 nitrogen and oxygen atoms in total. The van der Waals surface area contributed by atoms with E-state index in [4.69, 9.17) is 43.1 Å². The number of halogens is 7. The molecule has 0 aliphatic rings. The maximum atomic E-state index is 13.4. The van der Waals surface area contributed by atoms with Crippen LogP contribution in [0.4, 0.5) is 13.2 Å². The summed E-state index contributed by atoms with van der Waals surface area (Å²) in [5, 5.41) is 17.9. The Kier molecular flexibility index (Phi) is 28.8. The number of carbonyl (C=O) groups excluding carboxylic acids is 1. The minimum atomic E-state index is -0.459. The van der Waals surface area contributed by atoms with Crippen LogP contribution in [0.3, 0.4) is 0 Å². The van der Waals surface area contributed by atoms with Crippen molar-refractivity contribution in [2.24, 2.45) is 0 Å². The van der Waals surface area contributed by atoms with E-state index in [1.165, 1.54) is 42.5 Å². The van der Waals surface area contributed by atoms with Crippen LogP contribution in [0.1, 0.15) is 12.6 Å². The van der Waals surface area contributed by atoms with Gasteiger partial charge < -0.3 is 21.4 Å². The van der Waals surface area contributed by atoms with E-state index in [2.05, 4.69) is 46.7 Å². The van der Waals surface area contributed by atoms with Gasteiger partial charge in [0, 0.05) is 27.2 Å². The third kappa shape index (κ3) is 20.9. The summed E-state index contributed by atoms with van der Waals surface area (Å²) in [7, 11) is 0. The molecule has 2 heterocycles. The van der Waals surface area contributed by atoms with E-state index in [1.54, 1.807) is 30.3 Å². The molecule has 16 heteroatoms. The molecule has 0 saturated heterocycles. The summed E-state index contributed by atoms with van der Waals surface area (Å²) in [5.41, 5.74) is 0.631. The van der Waals surface area contributed by atoms with Gasteiger partial charge in [-0.25, -0.2) is 18.7 Å². The van der Waals surface area contributed by atoms with Gasteiger partial charge >= 0.3 is 138 Å². The average Bonchev–Trinajstić information content (AvgIpc) is 2.91. The molecule has 0 atom stereocenters. The van der Waals surface area contributed by atoms with Gasteiger partial charge in [-0.3, -0.25) is 4.79 Å². The molecule has 0 spiro atoms. The Labute approximate surface area is 380 Å². The maximum absolute atomic E-state index is 13.4. The predicted octanol–water partition coefficient (Wildman–Crippen LogP) is 0.725. The molecule has 0 unspecified atom stereocenters. The van der Waals surface area contributed by atoms with Crippen LogP contribution in [0.15, 0.2) is 82.0 Å². The van der Waals surface area contributed by atoms with Gasteiger partial charge in [0.05, 0.1) is 6.61 Å². The SMILES string of the molecule is Fc1ccc(Cl)cc1COc1cccc(Br)n1.Fc1cccc(Br)n1.O=CO[O-].OCc1cc(Cl)ccc1F.[Cs+].[Cs+].[H-]. The first-order valence-corrected chi connectivity index (χ1v) is 12.7. The molecule has 0 radical (unpaired) electrons. The topological polar surface area (TPSA) is 105 Å². The number of pyridine rings is 2. The monoisotopic (exact) mass is 978 g/mol. The Morgan fingerprint density at radius 2 is 1.34 bits per heavy atom. The third-order valence-corrected chi connectivity index (χ3v) is 5.32. The fraction of sp³-hybridized carbons (Fsp3) is 0.0800. The number of ether oxygens (including phenoxy) is 1. The van der Waals surface area contributed by atoms with Crippen LogP contribution in [-0.4, -0.2) is 21.5 Å². The number of nitrogens with zero attached hydrogens (tertiary/aromatic N) is 2. The van der Waals surface area contributed by atoms with Crippen LogP contribution in [0.5, 0.6) is 5.88 Å². The molecule has 0 aliphatic heterocycles. The molecule has 2 aromatic heterocycles. The van der Waals surface area contributed by atoms with Gasteiger partial charge in [0.1, 0.15) is 27.4 Å². The average molecular weight is 981 g/mol. The minimum absolute atomic E-state index is 0. The molecule has 4 aromatic rings. The number of carbonyl (C=O) groups is 1. The fourth-order valence-electron chi connectivity index (χ4n) is 2.32. The molecule has 0 aliphatic carbocycles. The molecule has 2 aromatic carbocycles. The van der Waals surface area contributed by atoms with E-state index in [-0.39, 0.29) is 170 Å². The van der Waals surface area contributed by atoms with Gasteiger partial charge in [0.2, 0.25) is 11.8 Å². The Hall–Kier alpha value is 1.36. The second-order valence-electron chi connectivity index (χ2n) is 6.69. The van der Waals surface area contributed by atoms with Crippen molar-refractivity contribution in [1.82, 2.24) is 9.97 Å². The zero-order chi connectivity index (χ0) is 29.2. The first-order chi connectivity index (χ1) is 18.6. The first kappa shape index (κ1) is 44.5. The van der Waals surface area contributed by atoms with E-state index < -0.39 is 11.8 Å². The van der Waals surface area contributed by atoms with Gasteiger partial charge in [-0.2, -0.15) is 4.39 Å². The number of benzene rings is 2. The van der Waals surface area contributed by atoms with Crippen molar-refractivity contribution < 1.29 is 177 Å². The van der Waals surface area contributed by atoms with Gasteiger partial charge in [0.25, 0.3) is 6.47 Å². The van der Waals surface area contributed by atoms with Crippen molar-refractivity contribution >= 4 is 61.5 Å². The summed E-state index contributed by atoms with van der Waals surface area (Å²) >= 11 is 17.5. The zero-order valence-corrected chi connectivity index (χ0v) is 38.8. The fourth-order valence-corrected chi connectivity index (χ4v) is 3.36. The molecule has 41 heavy (non-hydrogen) atoms. The molecule has 4 rings (SSSR count). The Balaban J connectivity index is -0.000000525. The van der Waals surface area contributed by atoms with E-state index in [0.717, 1.165) is 0 Å². The van der Waals surface area contributed by atoms with Crippen LogP contribution in [0.25, 0.3) is 0 Å². The molecular weight excluding hydrogens is 962 g/mol. The number of hydrogen-bond donors (Lipinski definition) is 1. The summed E-state index contributed by atoms with van der Waals surface area (Å²) in [4.78, 5) is 18.8. The number of rotatable bonds is 5.